The van der Waals surface area contributed by atoms with Gasteiger partial charge in [0.25, 0.3) is 0 Å². The summed E-state index contributed by atoms with van der Waals surface area (Å²) in [4.78, 5) is 11.8. The van der Waals surface area contributed by atoms with Crippen LogP contribution in [0.15, 0.2) is 48.5 Å². The van der Waals surface area contributed by atoms with Crippen LogP contribution in [0.3, 0.4) is 0 Å². The van der Waals surface area contributed by atoms with Crippen molar-refractivity contribution in [3.05, 3.63) is 70.2 Å². The molecular weight excluding hydrogens is 262 g/mol. The minimum atomic E-state index is -0.349. The Bertz CT molecular complexity index is 549. The van der Waals surface area contributed by atoms with Crippen LogP contribution in [0.1, 0.15) is 21.5 Å². The fourth-order valence-electron chi connectivity index (χ4n) is 1.59. The molecule has 0 aromatic heterocycles. The van der Waals surface area contributed by atoms with Crippen LogP contribution in [0, 0.1) is 0 Å². The highest BCUT2D eigenvalue weighted by molar-refractivity contribution is 6.30. The van der Waals surface area contributed by atoms with Gasteiger partial charge in [0.15, 0.2) is 0 Å². The second-order valence-corrected chi connectivity index (χ2v) is 4.54. The molecule has 2 N–H and O–H groups in total. The zero-order chi connectivity index (χ0) is 13.7. The Morgan fingerprint density at radius 1 is 1.00 bits per heavy atom. The summed E-state index contributed by atoms with van der Waals surface area (Å²) in [7, 11) is 0. The van der Waals surface area contributed by atoms with Crippen molar-refractivity contribution in [2.75, 3.05) is 0 Å². The van der Waals surface area contributed by atoms with Crippen LogP contribution in [0.5, 0.6) is 0 Å². The Balaban J connectivity index is 1.95. The lowest BCUT2D eigenvalue weighted by Crippen LogP contribution is -2.05. The maximum atomic E-state index is 11.8. The van der Waals surface area contributed by atoms with Gasteiger partial charge in [-0.15, -0.1) is 0 Å². The van der Waals surface area contributed by atoms with Gasteiger partial charge in [-0.1, -0.05) is 35.9 Å². The summed E-state index contributed by atoms with van der Waals surface area (Å²) in [5, 5.41) is 0.660. The highest BCUT2D eigenvalue weighted by Crippen LogP contribution is 2.12. The number of halogens is 1. The maximum absolute atomic E-state index is 11.8. The zero-order valence-corrected chi connectivity index (χ0v) is 11.1. The molecule has 0 aliphatic rings. The van der Waals surface area contributed by atoms with Crippen molar-refractivity contribution in [1.29, 1.82) is 0 Å². The Labute approximate surface area is 117 Å². The summed E-state index contributed by atoms with van der Waals surface area (Å²) in [5.74, 6) is -0.349. The number of hydrogen-bond donors (Lipinski definition) is 1. The second-order valence-electron chi connectivity index (χ2n) is 4.10. The van der Waals surface area contributed by atoms with Crippen LogP contribution >= 0.6 is 11.6 Å². The third kappa shape index (κ3) is 3.81. The van der Waals surface area contributed by atoms with Crippen LogP contribution in [0.2, 0.25) is 5.02 Å². The molecule has 0 saturated carbocycles. The third-order valence-electron chi connectivity index (χ3n) is 2.71. The Hall–Kier alpha value is -1.84. The van der Waals surface area contributed by atoms with Crippen molar-refractivity contribution in [3.63, 3.8) is 0 Å². The zero-order valence-electron chi connectivity index (χ0n) is 10.3. The second kappa shape index (κ2) is 6.36. The van der Waals surface area contributed by atoms with Crippen molar-refractivity contribution in [2.24, 2.45) is 5.73 Å². The summed E-state index contributed by atoms with van der Waals surface area (Å²) in [6.45, 7) is 0.689. The van der Waals surface area contributed by atoms with Crippen LogP contribution in [-0.2, 0) is 17.9 Å². The molecular formula is C15H14ClNO2. The Morgan fingerprint density at radius 3 is 2.16 bits per heavy atom. The van der Waals surface area contributed by atoms with Gasteiger partial charge >= 0.3 is 5.97 Å². The lowest BCUT2D eigenvalue weighted by molar-refractivity contribution is 0.0472. The van der Waals surface area contributed by atoms with Crippen LogP contribution in [0.25, 0.3) is 0 Å². The monoisotopic (exact) mass is 275 g/mol. The normalized spacial score (nSPS) is 10.2. The van der Waals surface area contributed by atoms with Crippen molar-refractivity contribution in [3.8, 4) is 0 Å². The standard InChI is InChI=1S/C15H14ClNO2/c16-14-7-3-12(4-8-14)10-19-15(18)13-5-1-11(9-17)2-6-13/h1-8H,9-10,17H2. The summed E-state index contributed by atoms with van der Waals surface area (Å²) in [6, 6.07) is 14.2. The van der Waals surface area contributed by atoms with Gasteiger partial charge in [0.1, 0.15) is 6.61 Å². The molecule has 0 saturated heterocycles. The molecule has 0 heterocycles. The summed E-state index contributed by atoms with van der Waals surface area (Å²) >= 11 is 5.78. The molecule has 2 aromatic carbocycles. The largest absolute Gasteiger partial charge is 0.457 e. The maximum Gasteiger partial charge on any atom is 0.338 e. The average Bonchev–Trinajstić information content (AvgIpc) is 2.46. The number of rotatable bonds is 4. The van der Waals surface area contributed by atoms with Gasteiger partial charge in [0.05, 0.1) is 5.56 Å². The molecule has 0 aliphatic carbocycles. The van der Waals surface area contributed by atoms with E-state index in [1.54, 1.807) is 24.3 Å². The van der Waals surface area contributed by atoms with Gasteiger partial charge < -0.3 is 10.5 Å². The molecule has 0 atom stereocenters. The van der Waals surface area contributed by atoms with Gasteiger partial charge in [-0.05, 0) is 35.4 Å². The quantitative estimate of drug-likeness (QED) is 0.872. The van der Waals surface area contributed by atoms with E-state index in [4.69, 9.17) is 22.1 Å². The molecule has 2 aromatic rings. The highest BCUT2D eigenvalue weighted by atomic mass is 35.5. The molecule has 4 heteroatoms. The molecule has 0 fully saturated rings. The molecule has 0 unspecified atom stereocenters. The molecule has 0 amide bonds. The van der Waals surface area contributed by atoms with E-state index in [0.29, 0.717) is 17.1 Å². The molecule has 19 heavy (non-hydrogen) atoms. The minimum absolute atomic E-state index is 0.231. The van der Waals surface area contributed by atoms with E-state index in [1.807, 2.05) is 24.3 Å². The molecule has 3 nitrogen and oxygen atoms in total. The fourth-order valence-corrected chi connectivity index (χ4v) is 1.72. The topological polar surface area (TPSA) is 52.3 Å². The number of nitrogens with two attached hydrogens (primary N) is 1. The summed E-state index contributed by atoms with van der Waals surface area (Å²) in [6.07, 6.45) is 0. The first kappa shape index (κ1) is 13.6. The van der Waals surface area contributed by atoms with Crippen molar-refractivity contribution in [1.82, 2.24) is 0 Å². The van der Waals surface area contributed by atoms with Crippen LogP contribution in [0.4, 0.5) is 0 Å². The van der Waals surface area contributed by atoms with E-state index in [9.17, 15) is 4.79 Å². The van der Waals surface area contributed by atoms with E-state index in [1.165, 1.54) is 0 Å². The number of benzene rings is 2. The van der Waals surface area contributed by atoms with E-state index in [0.717, 1.165) is 11.1 Å². The first-order chi connectivity index (χ1) is 9.19. The van der Waals surface area contributed by atoms with Crippen LogP contribution in [-0.4, -0.2) is 5.97 Å². The molecule has 0 radical (unpaired) electrons. The Kier molecular flexibility index (Phi) is 4.55. The van der Waals surface area contributed by atoms with Gasteiger partial charge in [0, 0.05) is 11.6 Å². The van der Waals surface area contributed by atoms with E-state index < -0.39 is 0 Å². The van der Waals surface area contributed by atoms with Crippen LogP contribution < -0.4 is 5.73 Å². The summed E-state index contributed by atoms with van der Waals surface area (Å²) in [5.41, 5.74) is 7.90. The van der Waals surface area contributed by atoms with E-state index >= 15 is 0 Å². The lowest BCUT2D eigenvalue weighted by atomic mass is 10.1. The van der Waals surface area contributed by atoms with Crippen molar-refractivity contribution >= 4 is 17.6 Å². The molecule has 98 valence electrons. The first-order valence-corrected chi connectivity index (χ1v) is 6.27. The van der Waals surface area contributed by atoms with Gasteiger partial charge in [0.2, 0.25) is 0 Å². The van der Waals surface area contributed by atoms with Gasteiger partial charge in [-0.2, -0.15) is 0 Å². The SMILES string of the molecule is NCc1ccc(C(=O)OCc2ccc(Cl)cc2)cc1. The molecule has 0 bridgehead atoms. The molecule has 2 rings (SSSR count). The number of carbonyl (C=O) groups excluding carboxylic acids is 1. The van der Waals surface area contributed by atoms with Gasteiger partial charge in [-0.25, -0.2) is 4.79 Å². The molecule has 0 spiro atoms. The lowest BCUT2D eigenvalue weighted by Gasteiger charge is -2.05. The average molecular weight is 276 g/mol. The fraction of sp³-hybridized carbons (Fsp3) is 0.133. The van der Waals surface area contributed by atoms with Crippen molar-refractivity contribution < 1.29 is 9.53 Å². The Morgan fingerprint density at radius 2 is 1.58 bits per heavy atom. The first-order valence-electron chi connectivity index (χ1n) is 5.89. The molecule has 0 aliphatic heterocycles. The smallest absolute Gasteiger partial charge is 0.338 e. The third-order valence-corrected chi connectivity index (χ3v) is 2.96. The minimum Gasteiger partial charge on any atom is -0.457 e. The number of esters is 1. The van der Waals surface area contributed by atoms with Crippen molar-refractivity contribution in [2.45, 2.75) is 13.2 Å². The van der Waals surface area contributed by atoms with E-state index in [-0.39, 0.29) is 12.6 Å². The number of hydrogen-bond acceptors (Lipinski definition) is 3. The van der Waals surface area contributed by atoms with E-state index in [2.05, 4.69) is 0 Å². The van der Waals surface area contributed by atoms with Gasteiger partial charge in [-0.3, -0.25) is 0 Å². The predicted molar refractivity (Wildman–Crippen MR) is 74.9 cm³/mol. The highest BCUT2D eigenvalue weighted by Gasteiger charge is 2.07. The summed E-state index contributed by atoms with van der Waals surface area (Å²) < 4.78 is 5.21. The predicted octanol–water partition coefficient (Wildman–Crippen LogP) is 3.16. The number of ether oxygens (including phenoxy) is 1. The number of carbonyl (C=O) groups is 1.